The van der Waals surface area contributed by atoms with Crippen molar-refractivity contribution in [3.8, 4) is 5.75 Å². The SMILES string of the molecule is Clc1ccc(C2=C(c3ccc(Cl)cc3)c3cccc4cccc(c34)O2)cc1. The molecule has 0 fully saturated rings. The predicted octanol–water partition coefficient (Wildman–Crippen LogP) is 7.46. The van der Waals surface area contributed by atoms with E-state index in [0.29, 0.717) is 10.0 Å². The number of rotatable bonds is 2. The first-order valence-corrected chi connectivity index (χ1v) is 9.42. The van der Waals surface area contributed by atoms with Crippen molar-refractivity contribution in [2.45, 2.75) is 0 Å². The van der Waals surface area contributed by atoms with Crippen LogP contribution in [0.15, 0.2) is 84.9 Å². The molecule has 0 spiro atoms. The van der Waals surface area contributed by atoms with Crippen LogP contribution in [-0.4, -0.2) is 0 Å². The van der Waals surface area contributed by atoms with Gasteiger partial charge >= 0.3 is 0 Å². The molecule has 0 amide bonds. The zero-order valence-electron chi connectivity index (χ0n) is 14.2. The minimum absolute atomic E-state index is 0.700. The summed E-state index contributed by atoms with van der Waals surface area (Å²) in [5.41, 5.74) is 4.25. The summed E-state index contributed by atoms with van der Waals surface area (Å²) >= 11 is 12.2. The van der Waals surface area contributed by atoms with Gasteiger partial charge in [0, 0.05) is 26.6 Å². The number of halogens is 2. The van der Waals surface area contributed by atoms with E-state index >= 15 is 0 Å². The van der Waals surface area contributed by atoms with Crippen molar-refractivity contribution in [3.05, 3.63) is 112 Å². The van der Waals surface area contributed by atoms with Gasteiger partial charge in [-0.2, -0.15) is 0 Å². The van der Waals surface area contributed by atoms with Crippen molar-refractivity contribution in [2.75, 3.05) is 0 Å². The van der Waals surface area contributed by atoms with Gasteiger partial charge in [-0.15, -0.1) is 0 Å². The topological polar surface area (TPSA) is 9.23 Å². The van der Waals surface area contributed by atoms with Gasteiger partial charge in [-0.25, -0.2) is 0 Å². The molecule has 0 saturated heterocycles. The Labute approximate surface area is 167 Å². The van der Waals surface area contributed by atoms with Gasteiger partial charge in [-0.3, -0.25) is 0 Å². The summed E-state index contributed by atoms with van der Waals surface area (Å²) in [5, 5.41) is 3.70. The zero-order valence-corrected chi connectivity index (χ0v) is 15.8. The van der Waals surface area contributed by atoms with Crippen LogP contribution < -0.4 is 4.74 Å². The molecule has 0 N–H and O–H groups in total. The second-order valence-corrected chi connectivity index (χ2v) is 7.35. The van der Waals surface area contributed by atoms with Gasteiger partial charge in [0.1, 0.15) is 11.5 Å². The molecule has 0 atom stereocenters. The van der Waals surface area contributed by atoms with E-state index in [1.165, 1.54) is 0 Å². The number of hydrogen-bond donors (Lipinski definition) is 0. The lowest BCUT2D eigenvalue weighted by molar-refractivity contribution is 0.520. The first kappa shape index (κ1) is 16.4. The molecule has 0 unspecified atom stereocenters. The summed E-state index contributed by atoms with van der Waals surface area (Å²) < 4.78 is 6.43. The van der Waals surface area contributed by atoms with Gasteiger partial charge in [0.2, 0.25) is 0 Å². The monoisotopic (exact) mass is 388 g/mol. The summed E-state index contributed by atoms with van der Waals surface area (Å²) in [7, 11) is 0. The van der Waals surface area contributed by atoms with Crippen molar-refractivity contribution in [1.82, 2.24) is 0 Å². The first-order valence-electron chi connectivity index (χ1n) is 8.67. The predicted molar refractivity (Wildman–Crippen MR) is 113 cm³/mol. The lowest BCUT2D eigenvalue weighted by Gasteiger charge is -2.25. The van der Waals surface area contributed by atoms with Crippen LogP contribution in [0, 0.1) is 0 Å². The highest BCUT2D eigenvalue weighted by atomic mass is 35.5. The molecule has 1 heterocycles. The minimum Gasteiger partial charge on any atom is -0.455 e. The largest absolute Gasteiger partial charge is 0.455 e. The molecule has 5 rings (SSSR count). The van der Waals surface area contributed by atoms with Crippen molar-refractivity contribution in [1.29, 1.82) is 0 Å². The highest BCUT2D eigenvalue weighted by molar-refractivity contribution is 6.31. The van der Waals surface area contributed by atoms with Crippen molar-refractivity contribution in [2.24, 2.45) is 0 Å². The van der Waals surface area contributed by atoms with Crippen molar-refractivity contribution >= 4 is 45.3 Å². The minimum atomic E-state index is 0.700. The molecular weight excluding hydrogens is 375 g/mol. The van der Waals surface area contributed by atoms with Crippen LogP contribution in [0.2, 0.25) is 10.0 Å². The summed E-state index contributed by atoms with van der Waals surface area (Å²) in [5.74, 6) is 1.69. The van der Waals surface area contributed by atoms with Crippen LogP contribution in [0.5, 0.6) is 5.75 Å². The van der Waals surface area contributed by atoms with Crippen LogP contribution in [0.1, 0.15) is 16.7 Å². The highest BCUT2D eigenvalue weighted by Crippen LogP contribution is 2.45. The molecule has 4 aromatic rings. The zero-order chi connectivity index (χ0) is 18.4. The average molecular weight is 389 g/mol. The summed E-state index contributed by atoms with van der Waals surface area (Å²) in [6, 6.07) is 28.1. The van der Waals surface area contributed by atoms with E-state index in [0.717, 1.165) is 44.5 Å². The standard InChI is InChI=1S/C24H14Cl2O/c25-18-11-7-16(8-12-18)23-20-5-1-3-15-4-2-6-21(22(15)20)27-24(23)17-9-13-19(26)14-10-17/h1-14H. The van der Waals surface area contributed by atoms with Crippen LogP contribution in [-0.2, 0) is 0 Å². The number of ether oxygens (including phenoxy) is 1. The second-order valence-electron chi connectivity index (χ2n) is 6.48. The molecule has 1 aliphatic rings. The molecule has 0 aromatic heterocycles. The first-order chi connectivity index (χ1) is 13.2. The number of benzene rings is 4. The maximum absolute atomic E-state index is 6.43. The summed E-state index contributed by atoms with van der Waals surface area (Å²) in [6.07, 6.45) is 0. The Morgan fingerprint density at radius 3 is 1.85 bits per heavy atom. The third-order valence-electron chi connectivity index (χ3n) is 4.81. The van der Waals surface area contributed by atoms with Gasteiger partial charge in [0.25, 0.3) is 0 Å². The Morgan fingerprint density at radius 1 is 0.593 bits per heavy atom. The van der Waals surface area contributed by atoms with E-state index in [4.69, 9.17) is 27.9 Å². The molecule has 0 bridgehead atoms. The van der Waals surface area contributed by atoms with Gasteiger partial charge in [0.05, 0.1) is 0 Å². The maximum Gasteiger partial charge on any atom is 0.143 e. The average Bonchev–Trinajstić information content (AvgIpc) is 2.70. The normalized spacial score (nSPS) is 13.0. The quantitative estimate of drug-likeness (QED) is 0.346. The fraction of sp³-hybridized carbons (Fsp3) is 0. The van der Waals surface area contributed by atoms with Crippen LogP contribution >= 0.6 is 23.2 Å². The lowest BCUT2D eigenvalue weighted by atomic mass is 9.88. The lowest BCUT2D eigenvalue weighted by Crippen LogP contribution is -2.07. The molecule has 27 heavy (non-hydrogen) atoms. The van der Waals surface area contributed by atoms with Gasteiger partial charge in [-0.1, -0.05) is 65.7 Å². The van der Waals surface area contributed by atoms with Gasteiger partial charge in [0.15, 0.2) is 0 Å². The fourth-order valence-electron chi connectivity index (χ4n) is 3.59. The number of hydrogen-bond acceptors (Lipinski definition) is 1. The Hall–Kier alpha value is -2.74. The summed E-state index contributed by atoms with van der Waals surface area (Å²) in [6.45, 7) is 0. The van der Waals surface area contributed by atoms with E-state index in [1.54, 1.807) is 0 Å². The smallest absolute Gasteiger partial charge is 0.143 e. The van der Waals surface area contributed by atoms with Crippen LogP contribution in [0.25, 0.3) is 22.1 Å². The molecule has 0 aliphatic carbocycles. The Kier molecular flexibility index (Phi) is 3.93. The third kappa shape index (κ3) is 2.80. The molecular formula is C24H14Cl2O. The highest BCUT2D eigenvalue weighted by Gasteiger charge is 2.24. The van der Waals surface area contributed by atoms with Crippen LogP contribution in [0.3, 0.4) is 0 Å². The fourth-order valence-corrected chi connectivity index (χ4v) is 3.84. The van der Waals surface area contributed by atoms with E-state index in [1.807, 2.05) is 60.7 Å². The molecule has 1 nitrogen and oxygen atoms in total. The molecule has 4 aromatic carbocycles. The third-order valence-corrected chi connectivity index (χ3v) is 5.32. The van der Waals surface area contributed by atoms with Gasteiger partial charge in [-0.05, 0) is 59.0 Å². The van der Waals surface area contributed by atoms with Gasteiger partial charge < -0.3 is 4.74 Å². The molecule has 3 heteroatoms. The second kappa shape index (κ2) is 6.45. The molecule has 0 saturated carbocycles. The van der Waals surface area contributed by atoms with Crippen molar-refractivity contribution < 1.29 is 4.74 Å². The molecule has 0 radical (unpaired) electrons. The Morgan fingerprint density at radius 2 is 1.19 bits per heavy atom. The van der Waals surface area contributed by atoms with E-state index in [-0.39, 0.29) is 0 Å². The van der Waals surface area contributed by atoms with E-state index in [2.05, 4.69) is 24.3 Å². The van der Waals surface area contributed by atoms with Crippen LogP contribution in [0.4, 0.5) is 0 Å². The van der Waals surface area contributed by atoms with Crippen molar-refractivity contribution in [3.63, 3.8) is 0 Å². The Bertz CT molecular complexity index is 1180. The molecule has 1 aliphatic heterocycles. The molecule has 130 valence electrons. The Balaban J connectivity index is 1.85. The summed E-state index contributed by atoms with van der Waals surface area (Å²) in [4.78, 5) is 0. The van der Waals surface area contributed by atoms with E-state index in [9.17, 15) is 0 Å². The maximum atomic E-state index is 6.43. The van der Waals surface area contributed by atoms with E-state index < -0.39 is 0 Å².